The molecule has 0 aliphatic heterocycles. The van der Waals surface area contributed by atoms with E-state index in [0.29, 0.717) is 5.96 Å². The molecule has 1 aromatic carbocycles. The van der Waals surface area contributed by atoms with Crippen molar-refractivity contribution in [3.05, 3.63) is 54.4 Å². The van der Waals surface area contributed by atoms with Crippen molar-refractivity contribution in [3.63, 3.8) is 0 Å². The smallest absolute Gasteiger partial charge is 0.243 e. The SMILES string of the molecule is CC(NC(=NCC(=O)N(C)C)NCCCn1cccn1)c1ccccc1.I. The maximum Gasteiger partial charge on any atom is 0.243 e. The standard InChI is InChI=1S/C19H28N6O.HI/c1-16(17-9-5-4-6-10-17)23-19(21-15-18(26)24(2)3)20-11-7-13-25-14-8-12-22-25;/h4-6,8-10,12,14,16H,7,11,13,15H2,1-3H3,(H2,20,21,23);1H. The topological polar surface area (TPSA) is 74.6 Å². The summed E-state index contributed by atoms with van der Waals surface area (Å²) in [5, 5.41) is 10.9. The van der Waals surface area contributed by atoms with Crippen LogP contribution in [0.2, 0.25) is 0 Å². The van der Waals surface area contributed by atoms with Gasteiger partial charge in [0.2, 0.25) is 5.91 Å². The number of aliphatic imine (C=N–C) groups is 1. The van der Waals surface area contributed by atoms with Crippen LogP contribution in [0.3, 0.4) is 0 Å². The lowest BCUT2D eigenvalue weighted by atomic mass is 10.1. The minimum Gasteiger partial charge on any atom is -0.356 e. The van der Waals surface area contributed by atoms with E-state index in [1.807, 2.05) is 35.1 Å². The Hall–Kier alpha value is -2.10. The number of hydrogen-bond donors (Lipinski definition) is 2. The highest BCUT2D eigenvalue weighted by molar-refractivity contribution is 14.0. The molecule has 0 fully saturated rings. The minimum absolute atomic E-state index is 0. The van der Waals surface area contributed by atoms with Crippen LogP contribution in [0.15, 0.2) is 53.8 Å². The highest BCUT2D eigenvalue weighted by atomic mass is 127. The number of likely N-dealkylation sites (N-methyl/N-ethyl adjacent to an activating group) is 1. The molecule has 0 saturated carbocycles. The van der Waals surface area contributed by atoms with Crippen LogP contribution in [0.1, 0.15) is 24.9 Å². The lowest BCUT2D eigenvalue weighted by Crippen LogP contribution is -2.40. The maximum atomic E-state index is 11.8. The van der Waals surface area contributed by atoms with Gasteiger partial charge in [-0.15, -0.1) is 24.0 Å². The highest BCUT2D eigenvalue weighted by Gasteiger charge is 2.09. The molecule has 148 valence electrons. The molecule has 0 spiro atoms. The molecule has 1 aromatic heterocycles. The van der Waals surface area contributed by atoms with Gasteiger partial charge in [-0.3, -0.25) is 9.48 Å². The van der Waals surface area contributed by atoms with Gasteiger partial charge < -0.3 is 15.5 Å². The first-order valence-corrected chi connectivity index (χ1v) is 8.83. The van der Waals surface area contributed by atoms with Crippen molar-refractivity contribution in [1.82, 2.24) is 25.3 Å². The molecule has 2 N–H and O–H groups in total. The van der Waals surface area contributed by atoms with Crippen molar-refractivity contribution in [2.24, 2.45) is 4.99 Å². The van der Waals surface area contributed by atoms with Gasteiger partial charge in [0, 0.05) is 39.6 Å². The zero-order chi connectivity index (χ0) is 18.8. The summed E-state index contributed by atoms with van der Waals surface area (Å²) in [5.41, 5.74) is 1.16. The number of nitrogens with one attached hydrogen (secondary N) is 2. The fraction of sp³-hybridized carbons (Fsp3) is 0.421. The molecule has 0 aliphatic rings. The Kier molecular flexibility index (Phi) is 10.5. The number of guanidine groups is 1. The van der Waals surface area contributed by atoms with Gasteiger partial charge in [-0.1, -0.05) is 30.3 Å². The average molecular weight is 484 g/mol. The Balaban J connectivity index is 0.00000364. The number of aryl methyl sites for hydroxylation is 1. The summed E-state index contributed by atoms with van der Waals surface area (Å²) in [6.07, 6.45) is 4.63. The molecule has 0 bridgehead atoms. The average Bonchev–Trinajstić information content (AvgIpc) is 3.16. The Morgan fingerprint density at radius 3 is 2.63 bits per heavy atom. The second-order valence-electron chi connectivity index (χ2n) is 6.28. The summed E-state index contributed by atoms with van der Waals surface area (Å²) in [5.74, 6) is 0.604. The predicted octanol–water partition coefficient (Wildman–Crippen LogP) is 2.28. The van der Waals surface area contributed by atoms with Gasteiger partial charge in [0.05, 0.1) is 6.04 Å². The molecule has 2 aromatic rings. The monoisotopic (exact) mass is 484 g/mol. The summed E-state index contributed by atoms with van der Waals surface area (Å²) >= 11 is 0. The lowest BCUT2D eigenvalue weighted by Gasteiger charge is -2.19. The van der Waals surface area contributed by atoms with Crippen molar-refractivity contribution in [1.29, 1.82) is 0 Å². The van der Waals surface area contributed by atoms with E-state index in [4.69, 9.17) is 0 Å². The fourth-order valence-electron chi connectivity index (χ4n) is 2.35. The van der Waals surface area contributed by atoms with Crippen molar-refractivity contribution in [3.8, 4) is 0 Å². The molecule has 27 heavy (non-hydrogen) atoms. The molecule has 8 heteroatoms. The third-order valence-corrected chi connectivity index (χ3v) is 3.94. The number of nitrogens with zero attached hydrogens (tertiary/aromatic N) is 4. The molecule has 1 heterocycles. The lowest BCUT2D eigenvalue weighted by molar-refractivity contribution is -0.127. The van der Waals surface area contributed by atoms with E-state index in [9.17, 15) is 4.79 Å². The molecule has 1 atom stereocenters. The number of carbonyl (C=O) groups excluding carboxylic acids is 1. The molecule has 0 radical (unpaired) electrons. The molecule has 0 saturated heterocycles. The van der Waals surface area contributed by atoms with Crippen LogP contribution in [0.5, 0.6) is 0 Å². The molecule has 1 unspecified atom stereocenters. The molecule has 2 rings (SSSR count). The third kappa shape index (κ3) is 8.42. The number of aromatic nitrogens is 2. The van der Waals surface area contributed by atoms with Crippen LogP contribution in [-0.2, 0) is 11.3 Å². The summed E-state index contributed by atoms with van der Waals surface area (Å²) < 4.78 is 1.90. The fourth-order valence-corrected chi connectivity index (χ4v) is 2.35. The number of hydrogen-bond acceptors (Lipinski definition) is 3. The van der Waals surface area contributed by atoms with Crippen LogP contribution in [0, 0.1) is 0 Å². The van der Waals surface area contributed by atoms with Gasteiger partial charge in [0.25, 0.3) is 0 Å². The van der Waals surface area contributed by atoms with Crippen LogP contribution in [0.4, 0.5) is 0 Å². The first-order valence-electron chi connectivity index (χ1n) is 8.83. The zero-order valence-corrected chi connectivity index (χ0v) is 18.5. The van der Waals surface area contributed by atoms with Gasteiger partial charge in [0.1, 0.15) is 6.54 Å². The van der Waals surface area contributed by atoms with Gasteiger partial charge >= 0.3 is 0 Å². The van der Waals surface area contributed by atoms with E-state index < -0.39 is 0 Å². The third-order valence-electron chi connectivity index (χ3n) is 3.94. The number of carbonyl (C=O) groups is 1. The summed E-state index contributed by atoms with van der Waals surface area (Å²) in [6, 6.07) is 12.2. The number of amides is 1. The Morgan fingerprint density at radius 1 is 1.26 bits per heavy atom. The van der Waals surface area contributed by atoms with Crippen molar-refractivity contribution in [2.75, 3.05) is 27.2 Å². The molecule has 0 aliphatic carbocycles. The summed E-state index contributed by atoms with van der Waals surface area (Å²) in [7, 11) is 3.46. The van der Waals surface area contributed by atoms with Crippen molar-refractivity contribution >= 4 is 35.8 Å². The zero-order valence-electron chi connectivity index (χ0n) is 16.1. The molecular weight excluding hydrogens is 455 g/mol. The molecular formula is C19H29IN6O. The van der Waals surface area contributed by atoms with E-state index in [1.165, 1.54) is 0 Å². The second-order valence-corrected chi connectivity index (χ2v) is 6.28. The van der Waals surface area contributed by atoms with E-state index in [0.717, 1.165) is 25.1 Å². The normalized spacial score (nSPS) is 12.0. The first kappa shape index (κ1) is 22.9. The largest absolute Gasteiger partial charge is 0.356 e. The van der Waals surface area contributed by atoms with E-state index in [-0.39, 0.29) is 42.5 Å². The molecule has 1 amide bonds. The number of halogens is 1. The Morgan fingerprint density at radius 2 is 2.00 bits per heavy atom. The number of rotatable bonds is 8. The van der Waals surface area contributed by atoms with Crippen LogP contribution >= 0.6 is 24.0 Å². The number of benzene rings is 1. The van der Waals surface area contributed by atoms with E-state index in [2.05, 4.69) is 39.8 Å². The van der Waals surface area contributed by atoms with E-state index >= 15 is 0 Å². The predicted molar refractivity (Wildman–Crippen MR) is 119 cm³/mol. The minimum atomic E-state index is -0.0324. The highest BCUT2D eigenvalue weighted by Crippen LogP contribution is 2.10. The second kappa shape index (κ2) is 12.3. The first-order chi connectivity index (χ1) is 12.6. The van der Waals surface area contributed by atoms with Gasteiger partial charge in [-0.05, 0) is 25.0 Å². The van der Waals surface area contributed by atoms with Crippen LogP contribution in [0.25, 0.3) is 0 Å². The van der Waals surface area contributed by atoms with Crippen LogP contribution < -0.4 is 10.6 Å². The summed E-state index contributed by atoms with van der Waals surface area (Å²) in [4.78, 5) is 17.8. The van der Waals surface area contributed by atoms with Gasteiger partial charge in [-0.2, -0.15) is 5.10 Å². The Labute approximate surface area is 178 Å². The van der Waals surface area contributed by atoms with Crippen molar-refractivity contribution in [2.45, 2.75) is 25.9 Å². The summed E-state index contributed by atoms with van der Waals surface area (Å²) in [6.45, 7) is 3.76. The quantitative estimate of drug-likeness (QED) is 0.261. The van der Waals surface area contributed by atoms with Crippen LogP contribution in [-0.4, -0.2) is 53.7 Å². The Bertz CT molecular complexity index is 687. The van der Waals surface area contributed by atoms with Gasteiger partial charge in [-0.25, -0.2) is 4.99 Å². The maximum absolute atomic E-state index is 11.8. The van der Waals surface area contributed by atoms with Gasteiger partial charge in [0.15, 0.2) is 5.96 Å². The van der Waals surface area contributed by atoms with E-state index in [1.54, 1.807) is 25.2 Å². The van der Waals surface area contributed by atoms with Crippen molar-refractivity contribution < 1.29 is 4.79 Å². The molecule has 7 nitrogen and oxygen atoms in total.